The first-order chi connectivity index (χ1) is 40.3. The van der Waals surface area contributed by atoms with E-state index in [-0.39, 0.29) is 34.1 Å². The Kier molecular flexibility index (Phi) is 20.9. The Morgan fingerprint density at radius 2 is 0.570 bits per heavy atom. The quantitative estimate of drug-likeness (QED) is 0.0656. The molecule has 0 saturated carbocycles. The summed E-state index contributed by atoms with van der Waals surface area (Å²) in [5, 5.41) is 4.85. The molecule has 0 saturated heterocycles. The molecule has 0 aliphatic rings. The summed E-state index contributed by atoms with van der Waals surface area (Å²) in [7, 11) is 0. The fourth-order valence-corrected chi connectivity index (χ4v) is 12.2. The number of imidazole rings is 2. The summed E-state index contributed by atoms with van der Waals surface area (Å²) in [5.74, 6) is 3.68. The second-order valence-electron chi connectivity index (χ2n) is 25.4. The van der Waals surface area contributed by atoms with Gasteiger partial charge in [-0.2, -0.15) is 0 Å². The summed E-state index contributed by atoms with van der Waals surface area (Å²) in [5.41, 5.74) is 22.7. The summed E-state index contributed by atoms with van der Waals surface area (Å²) in [6, 6.07) is 56.5. The van der Waals surface area contributed by atoms with E-state index in [0.29, 0.717) is 47.3 Å². The van der Waals surface area contributed by atoms with Gasteiger partial charge in [-0.1, -0.05) is 256 Å². The molecule has 0 amide bonds. The predicted molar refractivity (Wildman–Crippen MR) is 354 cm³/mol. The van der Waals surface area contributed by atoms with Crippen LogP contribution in [0.25, 0.3) is 77.5 Å². The van der Waals surface area contributed by atoms with Gasteiger partial charge in [0.25, 0.3) is 12.7 Å². The fraction of sp³-hybridized carbons (Fsp3) is 0.308. The van der Waals surface area contributed by atoms with Crippen molar-refractivity contribution in [2.75, 3.05) is 0 Å². The molecule has 2 radical (unpaired) electrons. The minimum atomic E-state index is 0. The van der Waals surface area contributed by atoms with E-state index in [0.717, 1.165) is 22.1 Å². The number of rotatable bonds is 13. The van der Waals surface area contributed by atoms with Crippen LogP contribution in [0.3, 0.4) is 0 Å². The molecular formula is C78H86Cu2N6+2. The topological polar surface area (TPSA) is 45.8 Å². The summed E-state index contributed by atoms with van der Waals surface area (Å²) < 4.78 is 8.80. The van der Waals surface area contributed by atoms with Gasteiger partial charge in [-0.3, -0.25) is 18.3 Å². The second-order valence-corrected chi connectivity index (χ2v) is 25.4. The van der Waals surface area contributed by atoms with Crippen molar-refractivity contribution in [1.82, 2.24) is 19.1 Å². The maximum atomic E-state index is 4.72. The molecule has 448 valence electrons. The van der Waals surface area contributed by atoms with Gasteiger partial charge in [0.2, 0.25) is 0 Å². The van der Waals surface area contributed by atoms with Crippen molar-refractivity contribution in [3.63, 3.8) is 0 Å². The zero-order valence-electron chi connectivity index (χ0n) is 53.2. The predicted octanol–water partition coefficient (Wildman–Crippen LogP) is 20.0. The van der Waals surface area contributed by atoms with E-state index < -0.39 is 0 Å². The van der Waals surface area contributed by atoms with Crippen LogP contribution in [0.4, 0.5) is 0 Å². The molecule has 12 rings (SSSR count). The summed E-state index contributed by atoms with van der Waals surface area (Å²) >= 11 is 0. The SMILES string of the molecule is CC(C)c1cccc(C(C)C)c1-n1[c-][n+](-c2c(C(C)C)cccc2C(C)C)cc1.CC(C)c1cccc(C(C)C)c1-n1[c-][n+](-c2c(C(C)C)cccc2C(C)C)cc1.[Cu+2].[Cu+2].c1ccc2c(c1)[n-]c1ccc(-c3ccc4[n-]c5ccccc5c4c3)cc12. The first-order valence-electron chi connectivity index (χ1n) is 30.8. The zero-order chi connectivity index (χ0) is 59.7. The number of para-hydroxylation sites is 6. The zero-order valence-corrected chi connectivity index (χ0v) is 55.1. The van der Waals surface area contributed by atoms with Gasteiger partial charge in [-0.15, -0.1) is 22.1 Å². The van der Waals surface area contributed by atoms with Crippen LogP contribution in [0, 0.1) is 12.7 Å². The van der Waals surface area contributed by atoms with E-state index in [2.05, 4.69) is 312 Å². The minimum Gasteiger partial charge on any atom is -0.657 e. The average molecular weight is 1230 g/mol. The van der Waals surface area contributed by atoms with Gasteiger partial charge in [0.05, 0.1) is 22.7 Å². The van der Waals surface area contributed by atoms with E-state index in [1.54, 1.807) is 0 Å². The number of fused-ring (bicyclic) bond motifs is 6. The third-order valence-electron chi connectivity index (χ3n) is 16.7. The Morgan fingerprint density at radius 1 is 0.302 bits per heavy atom. The third kappa shape index (κ3) is 13.2. The monoisotopic (exact) mass is 1230 g/mol. The van der Waals surface area contributed by atoms with Gasteiger partial charge in [-0.05, 0) is 137 Å². The van der Waals surface area contributed by atoms with E-state index >= 15 is 0 Å². The van der Waals surface area contributed by atoms with Crippen molar-refractivity contribution >= 4 is 43.6 Å². The minimum absolute atomic E-state index is 0. The number of nitrogens with zero attached hydrogens (tertiary/aromatic N) is 6. The molecule has 0 spiro atoms. The van der Waals surface area contributed by atoms with Crippen molar-refractivity contribution in [2.45, 2.75) is 158 Å². The first kappa shape index (κ1) is 64.8. The molecule has 86 heavy (non-hydrogen) atoms. The fourth-order valence-electron chi connectivity index (χ4n) is 12.2. The molecule has 6 nitrogen and oxygen atoms in total. The molecular weight excluding hydrogens is 1150 g/mol. The Hall–Kier alpha value is -7.18. The van der Waals surface area contributed by atoms with Crippen LogP contribution < -0.4 is 19.1 Å². The second kappa shape index (κ2) is 27.7. The van der Waals surface area contributed by atoms with E-state index in [4.69, 9.17) is 9.97 Å². The Labute approximate surface area is 534 Å². The molecule has 12 aromatic rings. The van der Waals surface area contributed by atoms with Crippen LogP contribution in [-0.2, 0) is 34.1 Å². The van der Waals surface area contributed by atoms with Crippen LogP contribution in [0.2, 0.25) is 0 Å². The summed E-state index contributed by atoms with van der Waals surface area (Å²) in [6.07, 6.45) is 16.0. The molecule has 0 unspecified atom stereocenters. The van der Waals surface area contributed by atoms with Crippen LogP contribution in [0.15, 0.2) is 183 Å². The Bertz CT molecular complexity index is 3720. The maximum absolute atomic E-state index is 4.72. The molecule has 0 atom stereocenters. The molecule has 4 aromatic heterocycles. The average Bonchev–Trinajstić information content (AvgIpc) is 1.96. The van der Waals surface area contributed by atoms with Crippen LogP contribution in [0.5, 0.6) is 0 Å². The van der Waals surface area contributed by atoms with Gasteiger partial charge in [0.1, 0.15) is 0 Å². The summed E-state index contributed by atoms with van der Waals surface area (Å²) in [6.45, 7) is 36.3. The number of aromatic nitrogens is 6. The smallest absolute Gasteiger partial charge is 0.657 e. The van der Waals surface area contributed by atoms with E-state index in [1.807, 2.05) is 12.1 Å². The number of hydrogen-bond acceptors (Lipinski definition) is 0. The molecule has 0 aliphatic heterocycles. The van der Waals surface area contributed by atoms with E-state index in [1.165, 1.54) is 99.9 Å². The van der Waals surface area contributed by atoms with Crippen LogP contribution in [-0.4, -0.2) is 9.13 Å². The van der Waals surface area contributed by atoms with Gasteiger partial charge in [0.15, 0.2) is 0 Å². The van der Waals surface area contributed by atoms with Gasteiger partial charge < -0.3 is 9.97 Å². The molecule has 0 aliphatic carbocycles. The maximum Gasteiger partial charge on any atom is 2.00 e. The number of benzene rings is 8. The largest absolute Gasteiger partial charge is 2.00 e. The molecule has 8 aromatic carbocycles. The van der Waals surface area contributed by atoms with Crippen molar-refractivity contribution in [1.29, 1.82) is 0 Å². The third-order valence-corrected chi connectivity index (χ3v) is 16.7. The van der Waals surface area contributed by atoms with Gasteiger partial charge in [-0.25, -0.2) is 0 Å². The first-order valence-corrected chi connectivity index (χ1v) is 30.8. The van der Waals surface area contributed by atoms with Gasteiger partial charge >= 0.3 is 34.1 Å². The normalized spacial score (nSPS) is 11.7. The standard InChI is InChI=1S/2C27H36N2.C24H14N2.2Cu/c2*1-18(2)22-11-9-12-23(19(3)4)26(22)28-15-16-29(17-28)27-24(20(5)6)13-10-14-25(27)21(7)8;1-3-7-21-17(5-1)19-13-15(9-11-23(19)25-21)16-10-12-24-20(14-16)18-6-2-4-8-22(18)26-24;;/h2*9-16,18-21H,1-8H3;1-14H;;/q;;-2;2*+2. The number of hydrogen-bond donors (Lipinski definition) is 0. The summed E-state index contributed by atoms with van der Waals surface area (Å²) in [4.78, 5) is 9.45. The van der Waals surface area contributed by atoms with Crippen molar-refractivity contribution in [3.05, 3.63) is 240 Å². The molecule has 0 N–H and O–H groups in total. The molecule has 8 heteroatoms. The van der Waals surface area contributed by atoms with Gasteiger partial charge in [0, 0.05) is 24.8 Å². The van der Waals surface area contributed by atoms with Crippen molar-refractivity contribution < 1.29 is 43.3 Å². The molecule has 4 heterocycles. The van der Waals surface area contributed by atoms with E-state index in [9.17, 15) is 0 Å². The molecule has 0 fully saturated rings. The Balaban J connectivity index is 0.000000166. The van der Waals surface area contributed by atoms with Crippen molar-refractivity contribution in [3.8, 4) is 33.9 Å². The molecule has 0 bridgehead atoms. The van der Waals surface area contributed by atoms with Crippen LogP contribution in [0.1, 0.15) is 203 Å². The van der Waals surface area contributed by atoms with Crippen LogP contribution >= 0.6 is 0 Å². The van der Waals surface area contributed by atoms with Crippen molar-refractivity contribution in [2.24, 2.45) is 0 Å². The Morgan fingerprint density at radius 3 is 0.860 bits per heavy atom.